The second-order valence-corrected chi connectivity index (χ2v) is 8.43. The number of nitrogens with zero attached hydrogens (tertiary/aromatic N) is 1. The minimum Gasteiger partial charge on any atom is -0.490 e. The zero-order chi connectivity index (χ0) is 21.8. The fourth-order valence-corrected chi connectivity index (χ4v) is 4.39. The van der Waals surface area contributed by atoms with E-state index in [4.69, 9.17) is 17.0 Å². The lowest BCUT2D eigenvalue weighted by Crippen LogP contribution is -2.38. The van der Waals surface area contributed by atoms with Gasteiger partial charge in [-0.3, -0.25) is 9.59 Å². The summed E-state index contributed by atoms with van der Waals surface area (Å²) in [7, 11) is 0. The Morgan fingerprint density at radius 2 is 1.94 bits per heavy atom. The van der Waals surface area contributed by atoms with Crippen molar-refractivity contribution in [3.05, 3.63) is 52.4 Å². The molecule has 0 atom stereocenters. The summed E-state index contributed by atoms with van der Waals surface area (Å²) in [6.07, 6.45) is -2.09. The van der Waals surface area contributed by atoms with Crippen LogP contribution in [0.3, 0.4) is 0 Å². The van der Waals surface area contributed by atoms with Crippen molar-refractivity contribution < 1.29 is 32.6 Å². The average molecular weight is 462 g/mol. The van der Waals surface area contributed by atoms with E-state index in [1.807, 2.05) is 0 Å². The van der Waals surface area contributed by atoms with Crippen LogP contribution in [-0.4, -0.2) is 35.6 Å². The van der Waals surface area contributed by atoms with Gasteiger partial charge in [-0.05, 0) is 42.0 Å². The Hall–Kier alpha value is -3.18. The van der Waals surface area contributed by atoms with Gasteiger partial charge in [-0.2, -0.15) is 0 Å². The van der Waals surface area contributed by atoms with Crippen LogP contribution in [0.2, 0.25) is 0 Å². The van der Waals surface area contributed by atoms with E-state index in [0.29, 0.717) is 26.2 Å². The zero-order valence-corrected chi connectivity index (χ0v) is 17.1. The van der Waals surface area contributed by atoms with Crippen molar-refractivity contribution in [1.82, 2.24) is 5.32 Å². The highest BCUT2D eigenvalue weighted by Crippen LogP contribution is 2.42. The Morgan fingerprint density at radius 1 is 1.16 bits per heavy atom. The summed E-state index contributed by atoms with van der Waals surface area (Å²) in [5, 5.41) is 2.55. The molecule has 1 fully saturated rings. The van der Waals surface area contributed by atoms with Gasteiger partial charge in [0.1, 0.15) is 16.7 Å². The van der Waals surface area contributed by atoms with Crippen molar-refractivity contribution in [3.63, 3.8) is 0 Å². The Kier molecular flexibility index (Phi) is 4.59. The fraction of sp³-hybridized carbons (Fsp3) is 0.150. The first-order chi connectivity index (χ1) is 14.8. The molecule has 3 aliphatic heterocycles. The number of hydrogen-bond acceptors (Lipinski definition) is 7. The zero-order valence-electron chi connectivity index (χ0n) is 15.5. The van der Waals surface area contributed by atoms with Crippen molar-refractivity contribution in [2.45, 2.75) is 6.29 Å². The molecule has 31 heavy (non-hydrogen) atoms. The van der Waals surface area contributed by atoms with Crippen LogP contribution >= 0.6 is 24.0 Å². The smallest absolute Gasteiger partial charge is 0.490 e. The maximum atomic E-state index is 13.3. The Labute approximate surface area is 183 Å². The van der Waals surface area contributed by atoms with E-state index >= 15 is 0 Å². The summed E-state index contributed by atoms with van der Waals surface area (Å²) in [6, 6.07) is 9.07. The molecule has 0 unspecified atom stereocenters. The van der Waals surface area contributed by atoms with Crippen LogP contribution in [0.1, 0.15) is 15.9 Å². The molecular formula is C20H12F2N2O5S2. The van der Waals surface area contributed by atoms with Gasteiger partial charge < -0.3 is 24.4 Å². The number of benzene rings is 2. The monoisotopic (exact) mass is 462 g/mol. The number of amides is 2. The van der Waals surface area contributed by atoms with Gasteiger partial charge in [0.2, 0.25) is 0 Å². The number of carbonyl (C=O) groups is 2. The number of fused-ring (bicyclic) bond motifs is 2. The fourth-order valence-electron chi connectivity index (χ4n) is 3.35. The van der Waals surface area contributed by atoms with Gasteiger partial charge >= 0.3 is 6.29 Å². The minimum absolute atomic E-state index is 0.136. The molecule has 0 bridgehead atoms. The second-order valence-electron chi connectivity index (χ2n) is 6.71. The van der Waals surface area contributed by atoms with Crippen LogP contribution in [0.4, 0.5) is 14.5 Å². The predicted octanol–water partition coefficient (Wildman–Crippen LogP) is 3.54. The molecule has 0 saturated carbocycles. The summed E-state index contributed by atoms with van der Waals surface area (Å²) in [5.41, 5.74) is 1.34. The lowest BCUT2D eigenvalue weighted by Gasteiger charge is -2.30. The van der Waals surface area contributed by atoms with E-state index < -0.39 is 12.2 Å². The van der Waals surface area contributed by atoms with E-state index in [1.165, 1.54) is 23.1 Å². The molecule has 2 amide bonds. The van der Waals surface area contributed by atoms with Crippen molar-refractivity contribution in [2.24, 2.45) is 0 Å². The van der Waals surface area contributed by atoms with Crippen LogP contribution in [-0.2, 0) is 4.79 Å². The molecule has 2 aromatic rings. The van der Waals surface area contributed by atoms with Crippen molar-refractivity contribution in [3.8, 4) is 17.2 Å². The average Bonchev–Trinajstić information content (AvgIpc) is 3.21. The van der Waals surface area contributed by atoms with E-state index in [2.05, 4.69) is 14.8 Å². The van der Waals surface area contributed by atoms with Gasteiger partial charge in [-0.15, -0.1) is 8.78 Å². The molecule has 2 aromatic carbocycles. The Morgan fingerprint density at radius 3 is 2.71 bits per heavy atom. The number of rotatable bonds is 2. The van der Waals surface area contributed by atoms with Gasteiger partial charge in [0.25, 0.3) is 11.8 Å². The molecule has 1 N–H and O–H groups in total. The number of thioether (sulfide) groups is 1. The molecule has 0 aromatic heterocycles. The van der Waals surface area contributed by atoms with Crippen molar-refractivity contribution >= 4 is 51.9 Å². The van der Waals surface area contributed by atoms with Crippen molar-refractivity contribution in [2.75, 3.05) is 18.1 Å². The molecule has 7 nitrogen and oxygen atoms in total. The van der Waals surface area contributed by atoms with Crippen LogP contribution in [0.15, 0.2) is 41.3 Å². The standard InChI is InChI=1S/C20H12F2N2O5S2/c21-20(22)28-14-4-2-11(9-15(14)29-20)18(26)24-5-6-27-13-3-1-10(7-12(13)24)8-16-17(25)23-19(30)31-16/h1-4,7-9H,5-6H2,(H,23,25,30)/b16-8-. The second kappa shape index (κ2) is 7.20. The van der Waals surface area contributed by atoms with E-state index in [0.717, 1.165) is 11.8 Å². The molecular weight excluding hydrogens is 450 g/mol. The third-order valence-corrected chi connectivity index (χ3v) is 5.84. The lowest BCUT2D eigenvalue weighted by molar-refractivity contribution is -0.286. The third-order valence-electron chi connectivity index (χ3n) is 4.68. The highest BCUT2D eigenvalue weighted by atomic mass is 32.2. The molecule has 0 radical (unpaired) electrons. The largest absolute Gasteiger partial charge is 0.586 e. The number of carbonyl (C=O) groups excluding carboxylic acids is 2. The van der Waals surface area contributed by atoms with E-state index in [-0.39, 0.29) is 36.1 Å². The number of ether oxygens (including phenoxy) is 3. The van der Waals surface area contributed by atoms with Gasteiger partial charge in [0.05, 0.1) is 17.1 Å². The molecule has 0 spiro atoms. The molecule has 11 heteroatoms. The van der Waals surface area contributed by atoms with E-state index in [1.54, 1.807) is 24.3 Å². The molecule has 3 aliphatic rings. The summed E-state index contributed by atoms with van der Waals surface area (Å²) < 4.78 is 41.4. The van der Waals surface area contributed by atoms with Crippen LogP contribution < -0.4 is 24.4 Å². The van der Waals surface area contributed by atoms with Gasteiger partial charge in [0.15, 0.2) is 11.5 Å². The Bertz CT molecular complexity index is 1180. The lowest BCUT2D eigenvalue weighted by atomic mass is 10.1. The summed E-state index contributed by atoms with van der Waals surface area (Å²) in [4.78, 5) is 27.0. The summed E-state index contributed by atoms with van der Waals surface area (Å²) in [6.45, 7) is 0.532. The van der Waals surface area contributed by atoms with Crippen LogP contribution in [0.25, 0.3) is 6.08 Å². The number of halogens is 2. The molecule has 158 valence electrons. The van der Waals surface area contributed by atoms with Crippen LogP contribution in [0.5, 0.6) is 17.2 Å². The first-order valence-electron chi connectivity index (χ1n) is 9.02. The predicted molar refractivity (Wildman–Crippen MR) is 113 cm³/mol. The molecule has 1 saturated heterocycles. The topological polar surface area (TPSA) is 77.1 Å². The van der Waals surface area contributed by atoms with Crippen molar-refractivity contribution in [1.29, 1.82) is 0 Å². The van der Waals surface area contributed by atoms with Crippen LogP contribution in [0, 0.1) is 0 Å². The third kappa shape index (κ3) is 3.70. The highest BCUT2D eigenvalue weighted by molar-refractivity contribution is 8.26. The normalized spacial score (nSPS) is 19.8. The maximum absolute atomic E-state index is 13.3. The first kappa shape index (κ1) is 19.8. The summed E-state index contributed by atoms with van der Waals surface area (Å²) in [5.74, 6) is -0.543. The minimum atomic E-state index is -3.76. The quantitative estimate of drug-likeness (QED) is 0.541. The number of hydrogen-bond donors (Lipinski definition) is 1. The highest BCUT2D eigenvalue weighted by Gasteiger charge is 2.43. The number of anilines is 1. The first-order valence-corrected chi connectivity index (χ1v) is 10.2. The molecule has 5 rings (SSSR count). The van der Waals surface area contributed by atoms with Gasteiger partial charge in [-0.25, -0.2) is 0 Å². The number of alkyl halides is 2. The molecule has 0 aliphatic carbocycles. The van der Waals surface area contributed by atoms with Gasteiger partial charge in [0, 0.05) is 5.56 Å². The molecule has 3 heterocycles. The van der Waals surface area contributed by atoms with E-state index in [9.17, 15) is 18.4 Å². The van der Waals surface area contributed by atoms with Gasteiger partial charge in [-0.1, -0.05) is 30.0 Å². The SMILES string of the molecule is O=C1NC(=S)S/C1=C\c1ccc2c(c1)N(C(=O)c1ccc3c(c1)OC(F)(F)O3)CCO2. The maximum Gasteiger partial charge on any atom is 0.586 e. The number of nitrogens with one attached hydrogen (secondary N) is 1. The summed E-state index contributed by atoms with van der Waals surface area (Å²) >= 11 is 6.15. The number of thiocarbonyl (C=S) groups is 1. The Balaban J connectivity index is 1.46.